The summed E-state index contributed by atoms with van der Waals surface area (Å²) in [7, 11) is 3.01. The van der Waals surface area contributed by atoms with Gasteiger partial charge in [-0.25, -0.2) is 14.4 Å². The molecule has 0 saturated heterocycles. The molecule has 0 radical (unpaired) electrons. The summed E-state index contributed by atoms with van der Waals surface area (Å²) in [6.07, 6.45) is 1.81. The topological polar surface area (TPSA) is 171 Å². The average molecular weight is 692 g/mol. The van der Waals surface area contributed by atoms with E-state index in [0.717, 1.165) is 0 Å². The molecule has 2 atom stereocenters. The number of esters is 3. The molecule has 41 heavy (non-hydrogen) atoms. The summed E-state index contributed by atoms with van der Waals surface area (Å²) in [5.41, 5.74) is 0.433. The molecule has 2 N–H and O–H groups in total. The second-order valence-corrected chi connectivity index (χ2v) is 5.56. The van der Waals surface area contributed by atoms with Gasteiger partial charge in [-0.1, -0.05) is 50.6 Å². The number of rotatable bonds is 7. The molecule has 0 spiro atoms. The van der Waals surface area contributed by atoms with Gasteiger partial charge in [0.2, 0.25) is 18.4 Å². The molecule has 0 aromatic rings. The van der Waals surface area contributed by atoms with E-state index in [1.54, 1.807) is 20.1 Å². The van der Waals surface area contributed by atoms with Gasteiger partial charge in [0.1, 0.15) is 11.9 Å². The van der Waals surface area contributed by atoms with Crippen molar-refractivity contribution in [2.24, 2.45) is 11.8 Å². The molecule has 0 aromatic heterocycles. The second kappa shape index (κ2) is 76.9. The molecule has 0 bridgehead atoms. The zero-order chi connectivity index (χ0) is 28.5. The van der Waals surface area contributed by atoms with E-state index in [-0.39, 0.29) is 99.4 Å². The van der Waals surface area contributed by atoms with E-state index in [0.29, 0.717) is 5.57 Å². The Hall–Kier alpha value is -2.26. The van der Waals surface area contributed by atoms with Crippen LogP contribution in [0.15, 0.2) is 25.3 Å². The summed E-state index contributed by atoms with van der Waals surface area (Å²) in [6, 6.07) is 8.86. The summed E-state index contributed by atoms with van der Waals surface area (Å²) < 4.78 is 13.3. The maximum atomic E-state index is 11.2. The van der Waals surface area contributed by atoms with Crippen molar-refractivity contribution >= 4 is 54.5 Å². The van der Waals surface area contributed by atoms with Gasteiger partial charge < -0.3 is 28.6 Å². The van der Waals surface area contributed by atoms with Crippen molar-refractivity contribution < 1.29 is 96.0 Å². The Labute approximate surface area is 283 Å². The van der Waals surface area contributed by atoms with E-state index >= 15 is 0 Å². The molecule has 0 aromatic carbocycles. The molecule has 238 valence electrons. The number of carbonyl (C=O) groups is 3. The SMILES string of the molecule is C.C.C.C.C.C#[Si]O.C#[Si]O.C=C(C)C(=O)OC.C=C=O.C=C=O.COC(=O)C(C)CC(C[C-]=O)C(=O)OC.[Ti].[Ti]. The zero-order valence-corrected chi connectivity index (χ0v) is 26.0. The normalized spacial score (nSPS) is 7.10. The predicted octanol–water partition coefficient (Wildman–Crippen LogP) is 2.77. The van der Waals surface area contributed by atoms with Crippen molar-refractivity contribution in [2.75, 3.05) is 21.3 Å². The van der Waals surface area contributed by atoms with Crippen molar-refractivity contribution in [3.63, 3.8) is 0 Å². The average Bonchev–Trinajstić information content (AvgIpc) is 2.79. The Morgan fingerprint density at radius 2 is 1.12 bits per heavy atom. The molecule has 15 heteroatoms. The molecule has 11 nitrogen and oxygen atoms in total. The smallest absolute Gasteiger partial charge is 0.332 e. The van der Waals surface area contributed by atoms with Gasteiger partial charge in [-0.2, -0.15) is 0 Å². The first-order chi connectivity index (χ1) is 15.9. The Kier molecular flexibility index (Phi) is 156. The van der Waals surface area contributed by atoms with Crippen LogP contribution in [0.2, 0.25) is 0 Å². The van der Waals surface area contributed by atoms with Crippen LogP contribution >= 0.6 is 0 Å². The van der Waals surface area contributed by atoms with E-state index in [9.17, 15) is 19.2 Å². The minimum Gasteiger partial charge on any atom is -0.542 e. The van der Waals surface area contributed by atoms with Crippen LogP contribution in [0.4, 0.5) is 0 Å². The van der Waals surface area contributed by atoms with Crippen LogP contribution in [0.5, 0.6) is 0 Å². The van der Waals surface area contributed by atoms with E-state index in [1.165, 1.54) is 33.2 Å². The largest absolute Gasteiger partial charge is 0.542 e. The van der Waals surface area contributed by atoms with Crippen molar-refractivity contribution in [3.8, 4) is 12.0 Å². The van der Waals surface area contributed by atoms with Crippen LogP contribution < -0.4 is 0 Å². The van der Waals surface area contributed by atoms with Gasteiger partial charge in [0.05, 0.1) is 27.2 Å². The van der Waals surface area contributed by atoms with Crippen LogP contribution in [0.25, 0.3) is 0 Å². The Morgan fingerprint density at radius 3 is 1.27 bits per heavy atom. The zero-order valence-electron chi connectivity index (χ0n) is 20.9. The standard InChI is InChI=1S/C10H15O5.C5H8O2.2C2H2O.2CH2OSi.5CH4.2Ti/c1-7(9(12)14-2)6-8(4-5-11)10(13)15-3;1-4(2)5(6)7-3;2*1-2-3;2*1-3-2;;;;;;;/h7-8H,4,6H2,1-3H3;1H2,2-3H3;2*1H2;2*1-2H;5*1H4;;/q-1;;;;;;;;;;;;. The van der Waals surface area contributed by atoms with Crippen molar-refractivity contribution in [1.29, 1.82) is 0 Å². The summed E-state index contributed by atoms with van der Waals surface area (Å²) in [4.78, 5) is 74.6. The monoisotopic (exact) mass is 691 g/mol. The maximum absolute atomic E-state index is 11.2. The number of methoxy groups -OCH3 is 3. The van der Waals surface area contributed by atoms with Gasteiger partial charge in [-0.3, -0.25) is 15.9 Å². The summed E-state index contributed by atoms with van der Waals surface area (Å²) in [5, 5.41) is 0. The first-order valence-electron chi connectivity index (χ1n) is 8.63. The van der Waals surface area contributed by atoms with Crippen LogP contribution in [0.3, 0.4) is 0 Å². The second-order valence-electron chi connectivity index (χ2n) is 5.05. The van der Waals surface area contributed by atoms with Crippen LogP contribution in [0.1, 0.15) is 63.8 Å². The molecule has 0 saturated carbocycles. The molecule has 0 rings (SSSR count). The van der Waals surface area contributed by atoms with E-state index in [2.05, 4.69) is 45.9 Å². The number of hydrogen-bond acceptors (Lipinski definition) is 11. The van der Waals surface area contributed by atoms with Crippen LogP contribution in [0, 0.1) is 23.8 Å². The third-order valence-electron chi connectivity index (χ3n) is 2.64. The quantitative estimate of drug-likeness (QED) is 0.101. The predicted molar refractivity (Wildman–Crippen MR) is 161 cm³/mol. The van der Waals surface area contributed by atoms with Crippen LogP contribution in [-0.2, 0) is 86.4 Å². The minimum absolute atomic E-state index is 0. The summed E-state index contributed by atoms with van der Waals surface area (Å²) in [6.45, 7) is 11.9. The van der Waals surface area contributed by atoms with Gasteiger partial charge in [0.25, 0.3) is 0 Å². The fourth-order valence-corrected chi connectivity index (χ4v) is 1.43. The van der Waals surface area contributed by atoms with Gasteiger partial charge in [0, 0.05) is 54.9 Å². The third kappa shape index (κ3) is 93.2. The number of ether oxygens (including phenoxy) is 3. The van der Waals surface area contributed by atoms with Gasteiger partial charge in [0.15, 0.2) is 0 Å². The van der Waals surface area contributed by atoms with Crippen LogP contribution in [-0.4, -0.2) is 85.4 Å². The molecule has 0 aliphatic heterocycles. The fraction of sp³-hybridized carbons (Fsp3) is 0.538. The molecule has 0 fully saturated rings. The molecular formula is C26H51O11Si2Ti2-. The molecule has 0 aliphatic carbocycles. The first kappa shape index (κ1) is 83.3. The number of hydrogen-bond donors (Lipinski definition) is 2. The first-order valence-corrected chi connectivity index (χ1v) is 10.7. The van der Waals surface area contributed by atoms with Gasteiger partial charge >= 0.3 is 17.9 Å². The van der Waals surface area contributed by atoms with Gasteiger partial charge in [-0.05, 0) is 26.5 Å². The van der Waals surface area contributed by atoms with Crippen molar-refractivity contribution in [2.45, 2.75) is 63.8 Å². The fourth-order valence-electron chi connectivity index (χ4n) is 1.43. The third-order valence-corrected chi connectivity index (χ3v) is 2.64. The minimum atomic E-state index is -0.624. The van der Waals surface area contributed by atoms with Gasteiger partial charge in [-0.15, -0.1) is 18.4 Å². The summed E-state index contributed by atoms with van der Waals surface area (Å²) in [5.74, 6) is 0.179. The van der Waals surface area contributed by atoms with Crippen molar-refractivity contribution in [1.82, 2.24) is 0 Å². The molecule has 0 amide bonds. The van der Waals surface area contributed by atoms with E-state index < -0.39 is 42.2 Å². The van der Waals surface area contributed by atoms with Crippen molar-refractivity contribution in [3.05, 3.63) is 25.3 Å². The molecule has 0 heterocycles. The Balaban J connectivity index is -0.0000000236. The molecular weight excluding hydrogens is 640 g/mol. The number of carbonyl (C=O) groups excluding carboxylic acids is 6. The Morgan fingerprint density at radius 1 is 0.854 bits per heavy atom. The van der Waals surface area contributed by atoms with E-state index in [1.807, 2.05) is 0 Å². The maximum Gasteiger partial charge on any atom is 0.332 e. The molecule has 2 unspecified atom stereocenters. The van der Waals surface area contributed by atoms with E-state index in [4.69, 9.17) is 19.2 Å². The molecule has 0 aliphatic rings. The Bertz CT molecular complexity index is 713. The summed E-state index contributed by atoms with van der Waals surface area (Å²) >= 11 is 0.